The van der Waals surface area contributed by atoms with Crippen molar-refractivity contribution < 1.29 is 9.50 Å². The number of hydrogen-bond donors (Lipinski definition) is 1. The van der Waals surface area contributed by atoms with Crippen LogP contribution in [0.3, 0.4) is 0 Å². The minimum absolute atomic E-state index is 0.0733. The molecule has 5 rings (SSSR count). The Morgan fingerprint density at radius 1 is 1.03 bits per heavy atom. The van der Waals surface area contributed by atoms with Gasteiger partial charge in [0, 0.05) is 11.8 Å². The summed E-state index contributed by atoms with van der Waals surface area (Å²) in [5.74, 6) is -0.255. The van der Waals surface area contributed by atoms with Gasteiger partial charge in [0.15, 0.2) is 4.80 Å². The second kappa shape index (κ2) is 8.16. The molecule has 152 valence electrons. The molecule has 1 aromatic heterocycles. The normalized spacial score (nSPS) is 13.5. The van der Waals surface area contributed by atoms with Gasteiger partial charge < -0.3 is 5.11 Å². The summed E-state index contributed by atoms with van der Waals surface area (Å²) in [6, 6.07) is 21.9. The van der Waals surface area contributed by atoms with Crippen molar-refractivity contribution in [2.45, 2.75) is 6.54 Å². The van der Waals surface area contributed by atoms with Crippen LogP contribution in [0.4, 0.5) is 4.39 Å². The SMILES string of the molecule is Oc1c(/C=c2\ccc3c(c2)C=CN=3)sc(=NCc2ccccc2)n1-c1ccc(F)cc1. The van der Waals surface area contributed by atoms with Crippen molar-refractivity contribution >= 4 is 23.5 Å². The molecule has 0 fully saturated rings. The summed E-state index contributed by atoms with van der Waals surface area (Å²) < 4.78 is 15.1. The number of aromatic hydroxyl groups is 1. The van der Waals surface area contributed by atoms with Crippen molar-refractivity contribution in [1.29, 1.82) is 0 Å². The van der Waals surface area contributed by atoms with E-state index in [0.717, 1.165) is 21.7 Å². The van der Waals surface area contributed by atoms with E-state index in [2.05, 4.69) is 4.99 Å². The Kier molecular flexibility index (Phi) is 5.06. The van der Waals surface area contributed by atoms with Crippen LogP contribution in [0.25, 0.3) is 17.8 Å². The third kappa shape index (κ3) is 3.98. The van der Waals surface area contributed by atoms with E-state index in [0.29, 0.717) is 21.9 Å². The summed E-state index contributed by atoms with van der Waals surface area (Å²) in [5, 5.41) is 12.9. The fraction of sp³-hybridized carbons (Fsp3) is 0.0400. The van der Waals surface area contributed by atoms with E-state index in [4.69, 9.17) is 4.99 Å². The highest BCUT2D eigenvalue weighted by Crippen LogP contribution is 2.25. The average Bonchev–Trinajstić information content (AvgIpc) is 3.38. The summed E-state index contributed by atoms with van der Waals surface area (Å²) in [6.07, 6.45) is 5.66. The molecule has 0 radical (unpaired) electrons. The van der Waals surface area contributed by atoms with E-state index in [1.165, 1.54) is 23.5 Å². The lowest BCUT2D eigenvalue weighted by atomic mass is 10.2. The van der Waals surface area contributed by atoms with Crippen molar-refractivity contribution in [3.05, 3.63) is 116 Å². The summed E-state index contributed by atoms with van der Waals surface area (Å²) in [7, 11) is 0. The minimum atomic E-state index is -0.328. The van der Waals surface area contributed by atoms with Crippen LogP contribution in [0.2, 0.25) is 0 Å². The maximum Gasteiger partial charge on any atom is 0.215 e. The first-order valence-corrected chi connectivity index (χ1v) is 10.6. The molecule has 31 heavy (non-hydrogen) atoms. The molecule has 6 heteroatoms. The van der Waals surface area contributed by atoms with Gasteiger partial charge in [-0.2, -0.15) is 0 Å². The molecule has 1 aliphatic heterocycles. The topological polar surface area (TPSA) is 49.9 Å². The summed E-state index contributed by atoms with van der Waals surface area (Å²) in [6.45, 7) is 0.479. The minimum Gasteiger partial charge on any atom is -0.493 e. The highest BCUT2D eigenvalue weighted by atomic mass is 32.1. The van der Waals surface area contributed by atoms with Gasteiger partial charge >= 0.3 is 0 Å². The Hall–Kier alpha value is -3.77. The molecule has 0 aliphatic carbocycles. The predicted molar refractivity (Wildman–Crippen MR) is 121 cm³/mol. The average molecular weight is 428 g/mol. The molecule has 4 aromatic rings. The number of thiazole rings is 1. The molecular weight excluding hydrogens is 409 g/mol. The van der Waals surface area contributed by atoms with Crippen LogP contribution in [0.15, 0.2) is 89.0 Å². The highest BCUT2D eigenvalue weighted by molar-refractivity contribution is 7.10. The van der Waals surface area contributed by atoms with Crippen molar-refractivity contribution in [3.8, 4) is 11.6 Å². The first-order valence-electron chi connectivity index (χ1n) is 9.79. The zero-order chi connectivity index (χ0) is 21.2. The number of aromatic nitrogens is 1. The molecule has 0 saturated carbocycles. The van der Waals surface area contributed by atoms with E-state index < -0.39 is 0 Å². The van der Waals surface area contributed by atoms with Gasteiger partial charge in [0.2, 0.25) is 5.88 Å². The first-order chi connectivity index (χ1) is 15.2. The lowest BCUT2D eigenvalue weighted by Crippen LogP contribution is -2.12. The second-order valence-electron chi connectivity index (χ2n) is 7.09. The van der Waals surface area contributed by atoms with Crippen molar-refractivity contribution in [1.82, 2.24) is 4.57 Å². The van der Waals surface area contributed by atoms with Gasteiger partial charge in [0.25, 0.3) is 0 Å². The number of fused-ring (bicyclic) bond motifs is 1. The third-order valence-corrected chi connectivity index (χ3v) is 5.98. The Bertz CT molecular complexity index is 1470. The molecule has 0 unspecified atom stereocenters. The second-order valence-corrected chi connectivity index (χ2v) is 8.10. The third-order valence-electron chi connectivity index (χ3n) is 4.97. The van der Waals surface area contributed by atoms with E-state index >= 15 is 0 Å². The number of halogens is 1. The van der Waals surface area contributed by atoms with E-state index in [1.54, 1.807) is 22.9 Å². The molecule has 2 heterocycles. The Balaban J connectivity index is 1.64. The standard InChI is InChI=1S/C25H18FN3OS/c26-20-7-9-21(10-8-20)29-24(30)23(15-18-6-11-22-19(14-18)12-13-27-22)31-25(29)28-16-17-4-2-1-3-5-17/h1-15,30H,16H2/b18-15+,28-25?. The molecule has 0 atom stereocenters. The molecular formula is C25H18FN3OS. The largest absolute Gasteiger partial charge is 0.493 e. The van der Waals surface area contributed by atoms with E-state index in [9.17, 15) is 9.50 Å². The van der Waals surface area contributed by atoms with Crippen molar-refractivity contribution in [3.63, 3.8) is 0 Å². The lowest BCUT2D eigenvalue weighted by Gasteiger charge is -2.05. The highest BCUT2D eigenvalue weighted by Gasteiger charge is 2.13. The van der Waals surface area contributed by atoms with Crippen molar-refractivity contribution in [2.75, 3.05) is 0 Å². The maximum absolute atomic E-state index is 13.5. The molecule has 0 spiro atoms. The smallest absolute Gasteiger partial charge is 0.215 e. The monoisotopic (exact) mass is 427 g/mol. The van der Waals surface area contributed by atoms with Gasteiger partial charge in [0.1, 0.15) is 5.82 Å². The fourth-order valence-corrected chi connectivity index (χ4v) is 4.40. The van der Waals surface area contributed by atoms with Crippen LogP contribution < -0.4 is 15.4 Å². The number of rotatable bonds is 4. The fourth-order valence-electron chi connectivity index (χ4n) is 3.42. The van der Waals surface area contributed by atoms with Crippen LogP contribution in [-0.2, 0) is 6.54 Å². The van der Waals surface area contributed by atoms with Crippen LogP contribution >= 0.6 is 11.3 Å². The zero-order valence-electron chi connectivity index (χ0n) is 16.4. The van der Waals surface area contributed by atoms with Crippen LogP contribution in [-0.4, -0.2) is 9.67 Å². The first kappa shape index (κ1) is 19.2. The number of hydrogen-bond acceptors (Lipinski definition) is 4. The zero-order valence-corrected chi connectivity index (χ0v) is 17.3. The molecule has 1 aliphatic rings. The molecule has 0 saturated heterocycles. The lowest BCUT2D eigenvalue weighted by molar-refractivity contribution is 0.438. The Morgan fingerprint density at radius 3 is 2.65 bits per heavy atom. The van der Waals surface area contributed by atoms with Crippen LogP contribution in [0.1, 0.15) is 16.0 Å². The summed E-state index contributed by atoms with van der Waals surface area (Å²) in [5.41, 5.74) is 2.77. The van der Waals surface area contributed by atoms with Crippen LogP contribution in [0.5, 0.6) is 5.88 Å². The quantitative estimate of drug-likeness (QED) is 0.527. The maximum atomic E-state index is 13.5. The van der Waals surface area contributed by atoms with Gasteiger partial charge in [-0.05, 0) is 59.3 Å². The summed E-state index contributed by atoms with van der Waals surface area (Å²) in [4.78, 5) is 10.3. The van der Waals surface area contributed by atoms with Crippen LogP contribution in [0, 0.1) is 5.82 Å². The molecule has 0 amide bonds. The molecule has 3 aromatic carbocycles. The van der Waals surface area contributed by atoms with E-state index in [1.807, 2.05) is 60.7 Å². The van der Waals surface area contributed by atoms with Gasteiger partial charge in [-0.1, -0.05) is 47.7 Å². The van der Waals surface area contributed by atoms with Gasteiger partial charge in [-0.15, -0.1) is 0 Å². The van der Waals surface area contributed by atoms with E-state index in [-0.39, 0.29) is 11.7 Å². The number of nitrogens with zero attached hydrogens (tertiary/aromatic N) is 3. The predicted octanol–water partition coefficient (Wildman–Crippen LogP) is 3.92. The molecule has 4 nitrogen and oxygen atoms in total. The van der Waals surface area contributed by atoms with Gasteiger partial charge in [0.05, 0.1) is 22.5 Å². The number of benzene rings is 3. The Labute approximate surface area is 181 Å². The van der Waals surface area contributed by atoms with Gasteiger partial charge in [-0.3, -0.25) is 14.6 Å². The summed E-state index contributed by atoms with van der Waals surface area (Å²) >= 11 is 1.39. The van der Waals surface area contributed by atoms with Gasteiger partial charge in [-0.25, -0.2) is 4.39 Å². The molecule has 0 bridgehead atoms. The Morgan fingerprint density at radius 2 is 1.84 bits per heavy atom. The molecule has 1 N–H and O–H groups in total. The van der Waals surface area contributed by atoms with Crippen molar-refractivity contribution in [2.24, 2.45) is 9.98 Å².